The van der Waals surface area contributed by atoms with Gasteiger partial charge in [-0.05, 0) is 67.0 Å². The highest BCUT2D eigenvalue weighted by molar-refractivity contribution is 5.75. The summed E-state index contributed by atoms with van der Waals surface area (Å²) in [5.74, 6) is -0.704. The third-order valence-corrected chi connectivity index (χ3v) is 7.95. The van der Waals surface area contributed by atoms with Crippen molar-refractivity contribution in [3.63, 3.8) is 0 Å². The van der Waals surface area contributed by atoms with Gasteiger partial charge in [0.05, 0.1) is 34.6 Å². The van der Waals surface area contributed by atoms with Crippen LogP contribution in [0.4, 0.5) is 8.78 Å². The van der Waals surface area contributed by atoms with Crippen LogP contribution in [0.2, 0.25) is 0 Å². The molecule has 4 aromatic rings. The predicted octanol–water partition coefficient (Wildman–Crippen LogP) is 4.87. The van der Waals surface area contributed by atoms with Gasteiger partial charge < -0.3 is 0 Å². The quantitative estimate of drug-likeness (QED) is 0.400. The highest BCUT2D eigenvalue weighted by atomic mass is 19.1. The third-order valence-electron chi connectivity index (χ3n) is 7.95. The molecule has 9 heteroatoms. The molecule has 0 unspecified atom stereocenters. The minimum absolute atomic E-state index is 0.00715. The van der Waals surface area contributed by atoms with Crippen LogP contribution in [-0.4, -0.2) is 35.7 Å². The normalized spacial score (nSPS) is 21.5. The first kappa shape index (κ1) is 22.6. The summed E-state index contributed by atoms with van der Waals surface area (Å²) in [5, 5.41) is 13.3. The molecular weight excluding hydrogens is 462 g/mol. The molecule has 2 atom stereocenters. The number of nitrogens with zero attached hydrogens (tertiary/aromatic N) is 6. The van der Waals surface area contributed by atoms with Crippen molar-refractivity contribution in [3.05, 3.63) is 77.4 Å². The Morgan fingerprint density at radius 2 is 1.89 bits per heavy atom. The van der Waals surface area contributed by atoms with Crippen molar-refractivity contribution in [2.75, 3.05) is 0 Å². The van der Waals surface area contributed by atoms with Crippen LogP contribution < -0.4 is 0 Å². The molecular formula is C27H24F2N6O. The number of hydrogen-bond donors (Lipinski definition) is 0. The Morgan fingerprint density at radius 3 is 2.64 bits per heavy atom. The van der Waals surface area contributed by atoms with Crippen LogP contribution >= 0.6 is 0 Å². The monoisotopic (exact) mass is 486 g/mol. The number of benzene rings is 1. The molecule has 1 fully saturated rings. The minimum atomic E-state index is -0.661. The van der Waals surface area contributed by atoms with Crippen molar-refractivity contribution in [3.8, 4) is 22.8 Å². The maximum atomic E-state index is 14.5. The van der Waals surface area contributed by atoms with Crippen LogP contribution in [0, 0.1) is 17.0 Å². The lowest BCUT2D eigenvalue weighted by Crippen LogP contribution is -2.38. The first-order valence-electron chi connectivity index (χ1n) is 11.9. The van der Waals surface area contributed by atoms with Crippen molar-refractivity contribution >= 4 is 5.78 Å². The fourth-order valence-corrected chi connectivity index (χ4v) is 6.27. The number of rotatable bonds is 5. The van der Waals surface area contributed by atoms with Crippen molar-refractivity contribution in [1.29, 1.82) is 0 Å². The van der Waals surface area contributed by atoms with Gasteiger partial charge in [0, 0.05) is 12.4 Å². The van der Waals surface area contributed by atoms with Gasteiger partial charge in [0.1, 0.15) is 17.3 Å². The lowest BCUT2D eigenvalue weighted by molar-refractivity contribution is -0.117. The molecule has 2 aliphatic rings. The largest absolute Gasteiger partial charge is 0.298 e. The Kier molecular flexibility index (Phi) is 4.90. The average Bonchev–Trinajstić information content (AvgIpc) is 3.46. The third kappa shape index (κ3) is 3.08. The number of carbonyl (C=O) groups is 1. The molecule has 182 valence electrons. The smallest absolute Gasteiger partial charge is 0.180 e. The van der Waals surface area contributed by atoms with Gasteiger partial charge in [0.15, 0.2) is 11.6 Å². The summed E-state index contributed by atoms with van der Waals surface area (Å²) in [6.07, 6.45) is 5.18. The van der Waals surface area contributed by atoms with E-state index in [0.717, 1.165) is 29.8 Å². The summed E-state index contributed by atoms with van der Waals surface area (Å²) < 4.78 is 30.6. The number of carbonyl (C=O) groups excluding carboxylic acids is 1. The van der Waals surface area contributed by atoms with E-state index in [9.17, 15) is 13.6 Å². The molecule has 0 N–H and O–H groups in total. The number of ketones is 1. The maximum Gasteiger partial charge on any atom is 0.180 e. The highest BCUT2D eigenvalue weighted by Gasteiger charge is 2.65. The summed E-state index contributed by atoms with van der Waals surface area (Å²) in [6, 6.07) is 9.28. The zero-order valence-corrected chi connectivity index (χ0v) is 20.2. The Balaban J connectivity index is 1.46. The van der Waals surface area contributed by atoms with Crippen LogP contribution in [0.5, 0.6) is 0 Å². The molecule has 0 spiro atoms. The van der Waals surface area contributed by atoms with Crippen LogP contribution in [0.25, 0.3) is 22.8 Å². The molecule has 1 aromatic carbocycles. The van der Waals surface area contributed by atoms with Gasteiger partial charge in [0.2, 0.25) is 0 Å². The molecule has 2 bridgehead atoms. The van der Waals surface area contributed by atoms with Crippen molar-refractivity contribution in [2.24, 2.45) is 5.41 Å². The first-order chi connectivity index (χ1) is 17.2. The second kappa shape index (κ2) is 7.81. The molecule has 36 heavy (non-hydrogen) atoms. The minimum Gasteiger partial charge on any atom is -0.298 e. The molecule has 6 rings (SSSR count). The second-order valence-electron chi connectivity index (χ2n) is 10.2. The van der Waals surface area contributed by atoms with Crippen LogP contribution in [-0.2, 0) is 16.8 Å². The van der Waals surface area contributed by atoms with Gasteiger partial charge >= 0.3 is 0 Å². The van der Waals surface area contributed by atoms with E-state index in [1.165, 1.54) is 25.1 Å². The second-order valence-corrected chi connectivity index (χ2v) is 10.2. The number of fused-ring (bicyclic) bond motifs is 5. The zero-order chi connectivity index (χ0) is 25.2. The summed E-state index contributed by atoms with van der Waals surface area (Å²) in [5.41, 5.74) is 2.42. The van der Waals surface area contributed by atoms with Crippen molar-refractivity contribution < 1.29 is 13.6 Å². The van der Waals surface area contributed by atoms with Gasteiger partial charge in [0.25, 0.3) is 0 Å². The van der Waals surface area contributed by atoms with Gasteiger partial charge in [-0.25, -0.2) is 18.7 Å². The lowest BCUT2D eigenvalue weighted by atomic mass is 9.66. The molecule has 2 aliphatic carbocycles. The summed E-state index contributed by atoms with van der Waals surface area (Å²) in [6.45, 7) is 6.09. The van der Waals surface area contributed by atoms with E-state index in [2.05, 4.69) is 34.1 Å². The zero-order valence-electron chi connectivity index (χ0n) is 20.2. The first-order valence-corrected chi connectivity index (χ1v) is 11.9. The summed E-state index contributed by atoms with van der Waals surface area (Å²) in [7, 11) is 0. The Hall–Kier alpha value is -3.88. The van der Waals surface area contributed by atoms with E-state index in [1.807, 2.05) is 6.07 Å². The number of aromatic nitrogens is 6. The highest BCUT2D eigenvalue weighted by Crippen LogP contribution is 2.69. The predicted molar refractivity (Wildman–Crippen MR) is 128 cm³/mol. The molecule has 0 radical (unpaired) electrons. The molecule has 3 heterocycles. The SMILES string of the molecule is CC(=O)Cn1ccc(-c2nccc([C@@]34CC[C@@H](c5cc(-c6c(F)cccc6F)nnc53)C4(C)C)n2)n1. The standard InChI is InChI=1S/C27H24F2N6O/c1-15(36)14-35-12-9-20(34-35)25-30-11-8-22(31-25)27-10-7-17(26(27,2)3)16-13-21(32-33-24(16)27)23-18(28)5-4-6-19(23)29/h4-6,8-9,11-13,17H,7,10,14H2,1-3H3/t17-,27-/m0/s1. The van der Waals surface area contributed by atoms with Gasteiger partial charge in [-0.15, -0.1) is 5.10 Å². The van der Waals surface area contributed by atoms with E-state index >= 15 is 0 Å². The van der Waals surface area contributed by atoms with Crippen molar-refractivity contribution in [1.82, 2.24) is 29.9 Å². The van der Waals surface area contributed by atoms with E-state index in [-0.39, 0.29) is 34.9 Å². The van der Waals surface area contributed by atoms with E-state index in [1.54, 1.807) is 29.2 Å². The van der Waals surface area contributed by atoms with Crippen LogP contribution in [0.15, 0.2) is 48.8 Å². The Bertz CT molecular complexity index is 1510. The molecule has 0 aliphatic heterocycles. The summed E-state index contributed by atoms with van der Waals surface area (Å²) >= 11 is 0. The van der Waals surface area contributed by atoms with E-state index < -0.39 is 17.0 Å². The van der Waals surface area contributed by atoms with Gasteiger partial charge in [-0.1, -0.05) is 19.9 Å². The molecule has 1 saturated carbocycles. The number of hydrogen-bond acceptors (Lipinski definition) is 6. The Morgan fingerprint density at radius 1 is 1.11 bits per heavy atom. The number of Topliss-reactive ketones (excluding diaryl/α,β-unsaturated/α-hetero) is 1. The topological polar surface area (TPSA) is 86.5 Å². The molecule has 0 amide bonds. The van der Waals surface area contributed by atoms with Gasteiger partial charge in [-0.3, -0.25) is 9.48 Å². The van der Waals surface area contributed by atoms with Crippen LogP contribution in [0.1, 0.15) is 56.5 Å². The van der Waals surface area contributed by atoms with E-state index in [4.69, 9.17) is 4.98 Å². The fourth-order valence-electron chi connectivity index (χ4n) is 6.27. The maximum absolute atomic E-state index is 14.5. The van der Waals surface area contributed by atoms with Gasteiger partial charge in [-0.2, -0.15) is 10.2 Å². The van der Waals surface area contributed by atoms with E-state index in [0.29, 0.717) is 11.5 Å². The van der Waals surface area contributed by atoms with Crippen molar-refractivity contribution in [2.45, 2.75) is 51.5 Å². The average molecular weight is 487 g/mol. The molecule has 0 saturated heterocycles. The summed E-state index contributed by atoms with van der Waals surface area (Å²) in [4.78, 5) is 20.8. The number of halogens is 2. The molecule has 3 aromatic heterocycles. The van der Waals surface area contributed by atoms with Crippen LogP contribution in [0.3, 0.4) is 0 Å². The Labute approximate surface area is 206 Å². The molecule has 7 nitrogen and oxygen atoms in total. The lowest BCUT2D eigenvalue weighted by Gasteiger charge is -2.37. The fraction of sp³-hybridized carbons (Fsp3) is 0.333.